The lowest BCUT2D eigenvalue weighted by molar-refractivity contribution is -0.137. The van der Waals surface area contributed by atoms with E-state index in [1.54, 1.807) is 18.2 Å². The number of alkyl halides is 3. The Kier molecular flexibility index (Phi) is 6.58. The van der Waals surface area contributed by atoms with E-state index < -0.39 is 29.3 Å². The number of carbonyl (C=O) groups is 1. The average Bonchev–Trinajstić information content (AvgIpc) is 3.33. The van der Waals surface area contributed by atoms with E-state index >= 15 is 0 Å². The van der Waals surface area contributed by atoms with Crippen molar-refractivity contribution in [2.75, 3.05) is 5.32 Å². The van der Waals surface area contributed by atoms with Gasteiger partial charge in [-0.3, -0.25) is 4.79 Å². The van der Waals surface area contributed by atoms with Gasteiger partial charge in [-0.1, -0.05) is 37.6 Å². The minimum Gasteiger partial charge on any atom is -0.321 e. The van der Waals surface area contributed by atoms with Gasteiger partial charge in [-0.05, 0) is 47.4 Å². The third-order valence-corrected chi connectivity index (χ3v) is 5.51. The molecule has 0 aliphatic heterocycles. The second kappa shape index (κ2) is 9.46. The number of hydrogen-bond donors (Lipinski definition) is 1. The molecule has 4 rings (SSSR count). The Morgan fingerprint density at radius 1 is 1.06 bits per heavy atom. The van der Waals surface area contributed by atoms with E-state index in [2.05, 4.69) is 20.5 Å². The highest BCUT2D eigenvalue weighted by molar-refractivity contribution is 6.33. The number of nitrogens with one attached hydrogen (secondary N) is 1. The van der Waals surface area contributed by atoms with E-state index in [-0.39, 0.29) is 22.2 Å². The van der Waals surface area contributed by atoms with Gasteiger partial charge >= 0.3 is 6.18 Å². The molecule has 180 valence electrons. The normalized spacial score (nSPS) is 11.7. The second-order valence-corrected chi connectivity index (χ2v) is 8.35. The Morgan fingerprint density at radius 3 is 2.40 bits per heavy atom. The molecule has 35 heavy (non-hydrogen) atoms. The summed E-state index contributed by atoms with van der Waals surface area (Å²) in [6, 6.07) is 9.75. The van der Waals surface area contributed by atoms with Crippen LogP contribution in [0.4, 0.5) is 23.2 Å². The van der Waals surface area contributed by atoms with Crippen LogP contribution in [0.5, 0.6) is 0 Å². The van der Waals surface area contributed by atoms with Crippen molar-refractivity contribution in [3.8, 4) is 16.9 Å². The number of amides is 1. The van der Waals surface area contributed by atoms with E-state index in [9.17, 15) is 22.4 Å². The average molecular weight is 504 g/mol. The number of halogens is 5. The first kappa shape index (κ1) is 24.3. The molecule has 0 saturated heterocycles. The summed E-state index contributed by atoms with van der Waals surface area (Å²) >= 11 is 6.18. The van der Waals surface area contributed by atoms with Crippen molar-refractivity contribution in [3.05, 3.63) is 88.6 Å². The number of rotatable bonds is 5. The Balaban J connectivity index is 1.68. The van der Waals surface area contributed by atoms with Crippen LogP contribution < -0.4 is 5.32 Å². The smallest absolute Gasteiger partial charge is 0.321 e. The molecule has 11 heteroatoms. The maximum Gasteiger partial charge on any atom is 0.420 e. The zero-order valence-corrected chi connectivity index (χ0v) is 19.2. The predicted octanol–water partition coefficient (Wildman–Crippen LogP) is 6.52. The van der Waals surface area contributed by atoms with Crippen molar-refractivity contribution >= 4 is 23.2 Å². The molecule has 0 aliphatic rings. The highest BCUT2D eigenvalue weighted by Crippen LogP contribution is 2.35. The molecule has 0 saturated carbocycles. The van der Waals surface area contributed by atoms with E-state index in [1.807, 2.05) is 13.8 Å². The monoisotopic (exact) mass is 503 g/mol. The van der Waals surface area contributed by atoms with Gasteiger partial charge in [0.25, 0.3) is 5.91 Å². The molecule has 1 N–H and O–H groups in total. The molecule has 0 atom stereocenters. The van der Waals surface area contributed by atoms with E-state index in [0.29, 0.717) is 16.7 Å². The van der Waals surface area contributed by atoms with E-state index in [4.69, 9.17) is 11.6 Å². The zero-order chi connectivity index (χ0) is 25.3. The van der Waals surface area contributed by atoms with Crippen molar-refractivity contribution in [1.29, 1.82) is 0 Å². The van der Waals surface area contributed by atoms with Crippen LogP contribution in [0.1, 0.15) is 41.3 Å². The molecule has 1 amide bonds. The third kappa shape index (κ3) is 5.17. The largest absolute Gasteiger partial charge is 0.420 e. The summed E-state index contributed by atoms with van der Waals surface area (Å²) in [6.45, 7) is 3.74. The van der Waals surface area contributed by atoms with E-state index in [0.717, 1.165) is 17.1 Å². The van der Waals surface area contributed by atoms with Crippen LogP contribution in [-0.2, 0) is 6.18 Å². The summed E-state index contributed by atoms with van der Waals surface area (Å²) < 4.78 is 54.4. The number of aromatic nitrogens is 4. The van der Waals surface area contributed by atoms with Crippen molar-refractivity contribution in [2.24, 2.45) is 0 Å². The minimum absolute atomic E-state index is 0.105. The molecule has 0 fully saturated rings. The van der Waals surface area contributed by atoms with Crippen LogP contribution in [0.2, 0.25) is 5.02 Å². The van der Waals surface area contributed by atoms with Gasteiger partial charge < -0.3 is 5.32 Å². The summed E-state index contributed by atoms with van der Waals surface area (Å²) in [5, 5.41) is 10.1. The minimum atomic E-state index is -4.75. The molecule has 6 nitrogen and oxygen atoms in total. The van der Waals surface area contributed by atoms with Crippen molar-refractivity contribution < 1.29 is 22.4 Å². The van der Waals surface area contributed by atoms with Gasteiger partial charge in [0, 0.05) is 11.1 Å². The summed E-state index contributed by atoms with van der Waals surface area (Å²) in [5.74, 6) is -1.69. The summed E-state index contributed by atoms with van der Waals surface area (Å²) in [7, 11) is 0. The standard InChI is InChI=1S/C24H18ClF4N5O/c1-13(2)19-9-14(17-6-4-15(26)10-21(17)25)3-5-18(19)23(35)33-16-11-20(24(27,28)29)22(30-12-16)34-31-7-8-32-34/h3-13H,1-2H3,(H,33,35). The quantitative estimate of drug-likeness (QED) is 0.315. The fraction of sp³-hybridized carbons (Fsp3) is 0.167. The zero-order valence-electron chi connectivity index (χ0n) is 18.4. The lowest BCUT2D eigenvalue weighted by Gasteiger charge is -2.17. The van der Waals surface area contributed by atoms with Gasteiger partial charge in [-0.2, -0.15) is 23.4 Å². The van der Waals surface area contributed by atoms with Gasteiger partial charge in [-0.15, -0.1) is 4.80 Å². The molecule has 0 spiro atoms. The number of pyridine rings is 1. The number of nitrogens with zero attached hydrogens (tertiary/aromatic N) is 4. The molecule has 2 heterocycles. The highest BCUT2D eigenvalue weighted by Gasteiger charge is 2.36. The van der Waals surface area contributed by atoms with Gasteiger partial charge in [0.1, 0.15) is 11.4 Å². The summed E-state index contributed by atoms with van der Waals surface area (Å²) in [4.78, 5) is 17.6. The molecule has 2 aromatic carbocycles. The van der Waals surface area contributed by atoms with Gasteiger partial charge in [0.05, 0.1) is 29.3 Å². The number of hydrogen-bond acceptors (Lipinski definition) is 4. The Labute approximate surface area is 202 Å². The first-order valence-electron chi connectivity index (χ1n) is 10.4. The second-order valence-electron chi connectivity index (χ2n) is 7.95. The highest BCUT2D eigenvalue weighted by atomic mass is 35.5. The molecule has 0 bridgehead atoms. The van der Waals surface area contributed by atoms with E-state index in [1.165, 1.54) is 30.6 Å². The lowest BCUT2D eigenvalue weighted by Crippen LogP contribution is -2.18. The third-order valence-electron chi connectivity index (χ3n) is 5.20. The van der Waals surface area contributed by atoms with Crippen LogP contribution in [0.15, 0.2) is 61.1 Å². The molecular formula is C24H18ClF4N5O. The maximum atomic E-state index is 13.7. The fourth-order valence-electron chi connectivity index (χ4n) is 3.56. The number of benzene rings is 2. The molecule has 0 unspecified atom stereocenters. The fourth-order valence-corrected chi connectivity index (χ4v) is 3.83. The van der Waals surface area contributed by atoms with Crippen molar-refractivity contribution in [3.63, 3.8) is 0 Å². The van der Waals surface area contributed by atoms with Crippen LogP contribution >= 0.6 is 11.6 Å². The molecule has 4 aromatic rings. The molecule has 0 radical (unpaired) electrons. The SMILES string of the molecule is CC(C)c1cc(-c2ccc(F)cc2Cl)ccc1C(=O)Nc1cnc(-n2nccn2)c(C(F)(F)F)c1. The molecule has 2 aromatic heterocycles. The van der Waals surface area contributed by atoms with Crippen molar-refractivity contribution in [1.82, 2.24) is 20.0 Å². The van der Waals surface area contributed by atoms with Crippen LogP contribution in [0, 0.1) is 5.82 Å². The molecular weight excluding hydrogens is 486 g/mol. The summed E-state index contributed by atoms with van der Waals surface area (Å²) in [6.07, 6.45) is -1.19. The molecule has 0 aliphatic carbocycles. The van der Waals surface area contributed by atoms with Crippen LogP contribution in [0.25, 0.3) is 16.9 Å². The van der Waals surface area contributed by atoms with Crippen LogP contribution in [0.3, 0.4) is 0 Å². The topological polar surface area (TPSA) is 72.7 Å². The Morgan fingerprint density at radius 2 is 1.77 bits per heavy atom. The van der Waals surface area contributed by atoms with Crippen molar-refractivity contribution in [2.45, 2.75) is 25.9 Å². The first-order valence-corrected chi connectivity index (χ1v) is 10.8. The predicted molar refractivity (Wildman–Crippen MR) is 123 cm³/mol. The first-order chi connectivity index (χ1) is 16.5. The van der Waals surface area contributed by atoms with Gasteiger partial charge in [-0.25, -0.2) is 9.37 Å². The Hall–Kier alpha value is -3.79. The maximum absolute atomic E-state index is 13.7. The van der Waals surface area contributed by atoms with Gasteiger partial charge in [0.2, 0.25) is 0 Å². The summed E-state index contributed by atoms with van der Waals surface area (Å²) in [5.41, 5.74) is 0.932. The van der Waals surface area contributed by atoms with Crippen LogP contribution in [-0.4, -0.2) is 25.9 Å². The number of carbonyl (C=O) groups excluding carboxylic acids is 1. The Bertz CT molecular complexity index is 1390. The number of anilines is 1. The van der Waals surface area contributed by atoms with Gasteiger partial charge in [0.15, 0.2) is 5.82 Å². The lowest BCUT2D eigenvalue weighted by atomic mass is 9.92.